The van der Waals surface area contributed by atoms with Crippen LogP contribution in [0, 0.1) is 27.7 Å². The zero-order valence-corrected chi connectivity index (χ0v) is 28.4. The molecule has 4 nitrogen and oxygen atoms in total. The molecule has 0 spiro atoms. The number of carbonyl (C=O) groups is 1. The Bertz CT molecular complexity index is 1760. The number of hydrogen-bond donors (Lipinski definition) is 0. The topological polar surface area (TPSA) is 65.9 Å². The molecule has 0 fully saturated rings. The quantitative estimate of drug-likeness (QED) is 0.134. The standard InChI is InChI=1S/2C17H15N.C5H8O2.Ir/c2*1-12-9-13(2)11-15(10-12)17-8-7-14-5-3-4-6-16(14)18-17;1-4(6)3-5(2)7;/h2*3-11H,1-2H3;3,6H,1-2H3;/p-1/b;;4-3+;. The third-order valence-electron chi connectivity index (χ3n) is 6.64. The van der Waals surface area contributed by atoms with Gasteiger partial charge in [0.25, 0.3) is 0 Å². The van der Waals surface area contributed by atoms with Crippen LogP contribution in [0.4, 0.5) is 0 Å². The Kier molecular flexibility index (Phi) is 12.3. The average molecular weight is 758 g/mol. The summed E-state index contributed by atoms with van der Waals surface area (Å²) < 4.78 is 0. The van der Waals surface area contributed by atoms with Crippen molar-refractivity contribution in [1.29, 1.82) is 0 Å². The van der Waals surface area contributed by atoms with Crippen LogP contribution in [0.1, 0.15) is 36.1 Å². The van der Waals surface area contributed by atoms with Crippen molar-refractivity contribution in [3.63, 3.8) is 0 Å². The van der Waals surface area contributed by atoms with Crippen LogP contribution in [-0.2, 0) is 24.9 Å². The first-order chi connectivity index (χ1) is 20.6. The Morgan fingerprint density at radius 1 is 0.568 bits per heavy atom. The largest absolute Gasteiger partial charge is 0.876 e. The summed E-state index contributed by atoms with van der Waals surface area (Å²) >= 11 is 0. The molecule has 2 heterocycles. The molecule has 225 valence electrons. The molecular weight excluding hydrogens is 721 g/mol. The zero-order chi connectivity index (χ0) is 30.9. The Morgan fingerprint density at radius 2 is 0.932 bits per heavy atom. The second kappa shape index (κ2) is 15.9. The third kappa shape index (κ3) is 9.80. The van der Waals surface area contributed by atoms with Crippen molar-refractivity contribution < 1.29 is 30.0 Å². The van der Waals surface area contributed by atoms with E-state index in [1.54, 1.807) is 0 Å². The maximum absolute atomic E-state index is 9.98. The number of hydrogen-bond acceptors (Lipinski definition) is 4. The number of benzene rings is 4. The number of ketones is 1. The first kappa shape index (κ1) is 34.1. The average Bonchev–Trinajstić information content (AvgIpc) is 2.95. The molecule has 2 aromatic heterocycles. The summed E-state index contributed by atoms with van der Waals surface area (Å²) in [5.41, 5.74) is 11.7. The van der Waals surface area contributed by atoms with E-state index < -0.39 is 0 Å². The number of allylic oxidation sites excluding steroid dienone is 2. The van der Waals surface area contributed by atoms with Gasteiger partial charge in [-0.15, -0.1) is 5.76 Å². The molecular formula is C39H37IrN2O2-. The van der Waals surface area contributed by atoms with Gasteiger partial charge in [0.1, 0.15) is 0 Å². The fourth-order valence-corrected chi connectivity index (χ4v) is 4.98. The Balaban J connectivity index is 0.000000196. The zero-order valence-electron chi connectivity index (χ0n) is 26.0. The molecule has 0 bridgehead atoms. The summed E-state index contributed by atoms with van der Waals surface area (Å²) in [4.78, 5) is 19.4. The van der Waals surface area contributed by atoms with E-state index in [0.29, 0.717) is 0 Å². The minimum atomic E-state index is -0.187. The molecule has 0 saturated carbocycles. The van der Waals surface area contributed by atoms with Gasteiger partial charge >= 0.3 is 0 Å². The normalized spacial score (nSPS) is 10.6. The summed E-state index contributed by atoms with van der Waals surface area (Å²) in [6.45, 7) is 11.2. The first-order valence-electron chi connectivity index (χ1n) is 14.3. The van der Waals surface area contributed by atoms with Gasteiger partial charge in [0.2, 0.25) is 0 Å². The molecule has 0 aliphatic carbocycles. The SMILES string of the molecule is CC(=O)/C=C(\C)[O-].Cc1cc(C)cc(-c2ccc3ccccc3n2)c1.Cc1cc(C)cc(-c2ccc3ccccc3n2)c1.[Ir]. The number of nitrogens with zero attached hydrogens (tertiary/aromatic N) is 2. The second-order valence-electron chi connectivity index (χ2n) is 10.9. The predicted octanol–water partition coefficient (Wildman–Crippen LogP) is 8.87. The number of pyridine rings is 2. The molecule has 0 aliphatic heterocycles. The first-order valence-corrected chi connectivity index (χ1v) is 14.3. The van der Waals surface area contributed by atoms with Crippen LogP contribution in [0.5, 0.6) is 0 Å². The van der Waals surface area contributed by atoms with Gasteiger partial charge in [0, 0.05) is 42.0 Å². The van der Waals surface area contributed by atoms with E-state index in [1.165, 1.54) is 58.0 Å². The molecule has 6 rings (SSSR count). The molecule has 0 N–H and O–H groups in total. The van der Waals surface area contributed by atoms with Crippen molar-refractivity contribution >= 4 is 27.6 Å². The molecule has 4 aromatic carbocycles. The van der Waals surface area contributed by atoms with Gasteiger partial charge in [-0.1, -0.05) is 89.8 Å². The molecule has 0 atom stereocenters. The van der Waals surface area contributed by atoms with E-state index >= 15 is 0 Å². The van der Waals surface area contributed by atoms with E-state index in [1.807, 2.05) is 24.3 Å². The van der Waals surface area contributed by atoms with Gasteiger partial charge in [-0.2, -0.15) is 0 Å². The summed E-state index contributed by atoms with van der Waals surface area (Å²) in [7, 11) is 0. The van der Waals surface area contributed by atoms with Crippen LogP contribution in [0.2, 0.25) is 0 Å². The number of para-hydroxylation sites is 2. The molecule has 0 amide bonds. The van der Waals surface area contributed by atoms with Crippen molar-refractivity contribution in [3.05, 3.63) is 143 Å². The van der Waals surface area contributed by atoms with E-state index in [-0.39, 0.29) is 31.6 Å². The summed E-state index contributed by atoms with van der Waals surface area (Å²) in [6, 6.07) is 38.0. The number of rotatable bonds is 3. The molecule has 6 aromatic rings. The van der Waals surface area contributed by atoms with E-state index in [2.05, 4.69) is 113 Å². The monoisotopic (exact) mass is 758 g/mol. The van der Waals surface area contributed by atoms with Crippen LogP contribution < -0.4 is 5.11 Å². The molecule has 1 radical (unpaired) electrons. The summed E-state index contributed by atoms with van der Waals surface area (Å²) in [6.07, 6.45) is 1.06. The molecule has 0 unspecified atom stereocenters. The van der Waals surface area contributed by atoms with Crippen LogP contribution >= 0.6 is 0 Å². The van der Waals surface area contributed by atoms with E-state index in [0.717, 1.165) is 28.5 Å². The van der Waals surface area contributed by atoms with Gasteiger partial charge in [-0.25, -0.2) is 9.97 Å². The van der Waals surface area contributed by atoms with Crippen molar-refractivity contribution in [2.45, 2.75) is 41.5 Å². The minimum absolute atomic E-state index is 0. The van der Waals surface area contributed by atoms with E-state index in [9.17, 15) is 9.90 Å². The van der Waals surface area contributed by atoms with Crippen molar-refractivity contribution in [3.8, 4) is 22.5 Å². The fourth-order valence-electron chi connectivity index (χ4n) is 4.98. The van der Waals surface area contributed by atoms with Gasteiger partial charge in [-0.05, 0) is 89.2 Å². The van der Waals surface area contributed by atoms with E-state index in [4.69, 9.17) is 9.97 Å². The fraction of sp³-hybridized carbons (Fsp3) is 0.154. The van der Waals surface area contributed by atoms with Gasteiger partial charge in [0.05, 0.1) is 22.4 Å². The van der Waals surface area contributed by atoms with Crippen LogP contribution in [0.3, 0.4) is 0 Å². The van der Waals surface area contributed by atoms with Crippen molar-refractivity contribution in [1.82, 2.24) is 9.97 Å². The maximum Gasteiger partial charge on any atom is 0.151 e. The minimum Gasteiger partial charge on any atom is -0.876 e. The van der Waals surface area contributed by atoms with Crippen molar-refractivity contribution in [2.75, 3.05) is 0 Å². The Labute approximate surface area is 273 Å². The Morgan fingerprint density at radius 3 is 1.25 bits per heavy atom. The number of carbonyl (C=O) groups excluding carboxylic acids is 1. The summed E-state index contributed by atoms with van der Waals surface area (Å²) in [5.74, 6) is -0.375. The van der Waals surface area contributed by atoms with Crippen LogP contribution in [-0.4, -0.2) is 15.8 Å². The number of aromatic nitrogens is 2. The third-order valence-corrected chi connectivity index (χ3v) is 6.64. The van der Waals surface area contributed by atoms with Crippen molar-refractivity contribution in [2.24, 2.45) is 0 Å². The van der Waals surface area contributed by atoms with Gasteiger partial charge in [0.15, 0.2) is 5.78 Å². The van der Waals surface area contributed by atoms with Crippen LogP contribution in [0.25, 0.3) is 44.3 Å². The summed E-state index contributed by atoms with van der Waals surface area (Å²) in [5, 5.41) is 12.3. The number of fused-ring (bicyclic) bond motifs is 2. The smallest absolute Gasteiger partial charge is 0.151 e. The van der Waals surface area contributed by atoms with Gasteiger partial charge in [-0.3, -0.25) is 4.79 Å². The van der Waals surface area contributed by atoms with Gasteiger partial charge < -0.3 is 5.11 Å². The maximum atomic E-state index is 9.98. The predicted molar refractivity (Wildman–Crippen MR) is 178 cm³/mol. The molecule has 0 saturated heterocycles. The van der Waals surface area contributed by atoms with Crippen LogP contribution in [0.15, 0.2) is 121 Å². The molecule has 5 heteroatoms. The Hall–Kier alpha value is -4.44. The molecule has 44 heavy (non-hydrogen) atoms. The molecule has 0 aliphatic rings. The second-order valence-corrected chi connectivity index (χ2v) is 10.9. The number of aryl methyl sites for hydroxylation is 4.